The van der Waals surface area contributed by atoms with Gasteiger partial charge in [-0.3, -0.25) is 0 Å². The minimum Gasteiger partial charge on any atom is -0.488 e. The fourth-order valence-electron chi connectivity index (χ4n) is 2.42. The van der Waals surface area contributed by atoms with Gasteiger partial charge in [0.05, 0.1) is 16.6 Å². The topological polar surface area (TPSA) is 38.2 Å². The number of anilines is 1. The van der Waals surface area contributed by atoms with Gasteiger partial charge >= 0.3 is 6.18 Å². The molecular formula is C15H12Cl2F3N3O. The molecule has 2 aromatic rings. The van der Waals surface area contributed by atoms with E-state index in [1.807, 2.05) is 4.90 Å². The molecule has 0 saturated carbocycles. The van der Waals surface area contributed by atoms with E-state index < -0.39 is 11.9 Å². The Kier molecular flexibility index (Phi) is 4.73. The van der Waals surface area contributed by atoms with Crippen LogP contribution in [0.3, 0.4) is 0 Å². The summed E-state index contributed by atoms with van der Waals surface area (Å²) in [6, 6.07) is 7.24. The van der Waals surface area contributed by atoms with Crippen molar-refractivity contribution in [2.75, 3.05) is 18.0 Å². The van der Waals surface area contributed by atoms with Crippen molar-refractivity contribution in [2.24, 2.45) is 0 Å². The monoisotopic (exact) mass is 377 g/mol. The van der Waals surface area contributed by atoms with Crippen LogP contribution in [-0.2, 0) is 6.18 Å². The number of rotatable bonds is 3. The Morgan fingerprint density at radius 2 is 1.88 bits per heavy atom. The van der Waals surface area contributed by atoms with E-state index >= 15 is 0 Å². The Morgan fingerprint density at radius 1 is 1.08 bits per heavy atom. The Labute approximate surface area is 146 Å². The zero-order chi connectivity index (χ0) is 17.3. The van der Waals surface area contributed by atoms with Gasteiger partial charge in [0.15, 0.2) is 11.5 Å². The molecule has 1 unspecified atom stereocenters. The van der Waals surface area contributed by atoms with Gasteiger partial charge in [0, 0.05) is 19.0 Å². The first-order chi connectivity index (χ1) is 11.3. The van der Waals surface area contributed by atoms with E-state index in [9.17, 15) is 13.2 Å². The van der Waals surface area contributed by atoms with Crippen molar-refractivity contribution < 1.29 is 17.9 Å². The molecule has 0 bridgehead atoms. The molecule has 0 spiro atoms. The van der Waals surface area contributed by atoms with Crippen LogP contribution >= 0.6 is 23.2 Å². The molecule has 1 aliphatic heterocycles. The highest BCUT2D eigenvalue weighted by Crippen LogP contribution is 2.30. The molecule has 0 amide bonds. The summed E-state index contributed by atoms with van der Waals surface area (Å²) < 4.78 is 43.3. The lowest BCUT2D eigenvalue weighted by Crippen LogP contribution is -2.25. The molecule has 9 heteroatoms. The molecule has 0 radical (unpaired) electrons. The van der Waals surface area contributed by atoms with Gasteiger partial charge in [0.1, 0.15) is 11.9 Å². The Balaban J connectivity index is 1.63. The van der Waals surface area contributed by atoms with Gasteiger partial charge in [-0.25, -0.2) is 0 Å². The fraction of sp³-hybridized carbons (Fsp3) is 0.333. The first-order valence-electron chi connectivity index (χ1n) is 7.10. The van der Waals surface area contributed by atoms with Crippen LogP contribution in [0.2, 0.25) is 10.0 Å². The number of alkyl halides is 3. The SMILES string of the molecule is FC(F)(F)c1ccc(N2CCC(Oc3ccc(Cl)c(Cl)c3)C2)nn1. The van der Waals surface area contributed by atoms with Crippen molar-refractivity contribution in [3.05, 3.63) is 46.1 Å². The lowest BCUT2D eigenvalue weighted by Gasteiger charge is -2.18. The number of halogens is 5. The smallest absolute Gasteiger partial charge is 0.435 e. The predicted octanol–water partition coefficient (Wildman–Crippen LogP) is 4.46. The summed E-state index contributed by atoms with van der Waals surface area (Å²) in [7, 11) is 0. The summed E-state index contributed by atoms with van der Waals surface area (Å²) in [5.41, 5.74) is -1.01. The van der Waals surface area contributed by atoms with Crippen molar-refractivity contribution in [1.82, 2.24) is 10.2 Å². The third-order valence-electron chi connectivity index (χ3n) is 3.60. The molecule has 1 atom stereocenters. The van der Waals surface area contributed by atoms with Crippen LogP contribution < -0.4 is 9.64 Å². The molecule has 1 aromatic carbocycles. The maximum Gasteiger partial charge on any atom is 0.435 e. The summed E-state index contributed by atoms with van der Waals surface area (Å²) in [6.45, 7) is 1.12. The molecule has 4 nitrogen and oxygen atoms in total. The fourth-order valence-corrected chi connectivity index (χ4v) is 2.71. The predicted molar refractivity (Wildman–Crippen MR) is 84.7 cm³/mol. The Bertz CT molecular complexity index is 725. The second kappa shape index (κ2) is 6.64. The van der Waals surface area contributed by atoms with Crippen LogP contribution in [0.25, 0.3) is 0 Å². The summed E-state index contributed by atoms with van der Waals surface area (Å²) in [5, 5.41) is 7.73. The van der Waals surface area contributed by atoms with Crippen molar-refractivity contribution in [1.29, 1.82) is 0 Å². The van der Waals surface area contributed by atoms with Crippen molar-refractivity contribution in [2.45, 2.75) is 18.7 Å². The van der Waals surface area contributed by atoms with Crippen LogP contribution in [0, 0.1) is 0 Å². The number of aromatic nitrogens is 2. The molecule has 128 valence electrons. The van der Waals surface area contributed by atoms with Crippen molar-refractivity contribution in [3.8, 4) is 5.75 Å². The second-order valence-corrected chi connectivity index (χ2v) is 6.14. The van der Waals surface area contributed by atoms with Crippen LogP contribution in [0.5, 0.6) is 5.75 Å². The Hall–Kier alpha value is -1.73. The quantitative estimate of drug-likeness (QED) is 0.791. The second-order valence-electron chi connectivity index (χ2n) is 5.32. The standard InChI is InChI=1S/C15H12Cl2F3N3O/c16-11-2-1-9(7-12(11)17)24-10-5-6-23(8-10)14-4-3-13(21-22-14)15(18,19)20/h1-4,7,10H,5-6,8H2. The van der Waals surface area contributed by atoms with Crippen LogP contribution in [0.1, 0.15) is 12.1 Å². The molecule has 1 aliphatic rings. The molecular weight excluding hydrogens is 366 g/mol. The van der Waals surface area contributed by atoms with Gasteiger partial charge in [-0.05, 0) is 24.3 Å². The largest absolute Gasteiger partial charge is 0.488 e. The van der Waals surface area contributed by atoms with E-state index in [-0.39, 0.29) is 6.10 Å². The average Bonchev–Trinajstić information content (AvgIpc) is 2.99. The van der Waals surface area contributed by atoms with Gasteiger partial charge in [0.25, 0.3) is 0 Å². The summed E-state index contributed by atoms with van der Waals surface area (Å²) in [4.78, 5) is 1.83. The van der Waals surface area contributed by atoms with E-state index in [1.54, 1.807) is 18.2 Å². The summed E-state index contributed by atoms with van der Waals surface area (Å²) in [5.74, 6) is 0.984. The Morgan fingerprint density at radius 3 is 2.50 bits per heavy atom. The van der Waals surface area contributed by atoms with E-state index in [2.05, 4.69) is 10.2 Å². The number of hydrogen-bond acceptors (Lipinski definition) is 4. The maximum absolute atomic E-state index is 12.5. The number of benzene rings is 1. The first-order valence-corrected chi connectivity index (χ1v) is 7.86. The highest BCUT2D eigenvalue weighted by atomic mass is 35.5. The van der Waals surface area contributed by atoms with Crippen LogP contribution in [0.15, 0.2) is 30.3 Å². The van der Waals surface area contributed by atoms with Gasteiger partial charge in [-0.15, -0.1) is 10.2 Å². The normalized spacial score (nSPS) is 18.0. The zero-order valence-corrected chi connectivity index (χ0v) is 13.7. The highest BCUT2D eigenvalue weighted by molar-refractivity contribution is 6.42. The molecule has 1 fully saturated rings. The van der Waals surface area contributed by atoms with Crippen LogP contribution in [0.4, 0.5) is 19.0 Å². The molecule has 3 rings (SSSR count). The average molecular weight is 378 g/mol. The van der Waals surface area contributed by atoms with Crippen molar-refractivity contribution in [3.63, 3.8) is 0 Å². The minimum atomic E-state index is -4.49. The summed E-state index contributed by atoms with van der Waals surface area (Å²) in [6.07, 6.45) is -3.90. The molecule has 24 heavy (non-hydrogen) atoms. The molecule has 2 heterocycles. The highest BCUT2D eigenvalue weighted by Gasteiger charge is 2.33. The van der Waals surface area contributed by atoms with E-state index in [1.165, 1.54) is 6.07 Å². The van der Waals surface area contributed by atoms with E-state index in [0.29, 0.717) is 41.1 Å². The lowest BCUT2D eigenvalue weighted by molar-refractivity contribution is -0.141. The summed E-state index contributed by atoms with van der Waals surface area (Å²) >= 11 is 11.8. The number of hydrogen-bond donors (Lipinski definition) is 0. The number of ether oxygens (including phenoxy) is 1. The molecule has 1 saturated heterocycles. The third kappa shape index (κ3) is 3.84. The molecule has 0 N–H and O–H groups in total. The van der Waals surface area contributed by atoms with Gasteiger partial charge in [0.2, 0.25) is 0 Å². The van der Waals surface area contributed by atoms with E-state index in [0.717, 1.165) is 6.07 Å². The first kappa shape index (κ1) is 17.1. The molecule has 1 aromatic heterocycles. The minimum absolute atomic E-state index is 0.119. The zero-order valence-electron chi connectivity index (χ0n) is 12.2. The van der Waals surface area contributed by atoms with Gasteiger partial charge in [-0.1, -0.05) is 23.2 Å². The maximum atomic E-state index is 12.5. The van der Waals surface area contributed by atoms with Crippen LogP contribution in [-0.4, -0.2) is 29.4 Å². The molecule has 0 aliphatic carbocycles. The number of nitrogens with zero attached hydrogens (tertiary/aromatic N) is 3. The van der Waals surface area contributed by atoms with E-state index in [4.69, 9.17) is 27.9 Å². The van der Waals surface area contributed by atoms with Crippen molar-refractivity contribution >= 4 is 29.0 Å². The van der Waals surface area contributed by atoms with Gasteiger partial charge in [-0.2, -0.15) is 13.2 Å². The lowest BCUT2D eigenvalue weighted by atomic mass is 10.3. The van der Waals surface area contributed by atoms with Gasteiger partial charge < -0.3 is 9.64 Å². The third-order valence-corrected chi connectivity index (χ3v) is 4.34.